The Labute approximate surface area is 176 Å². The molecule has 0 aliphatic rings. The van der Waals surface area contributed by atoms with Crippen molar-refractivity contribution in [3.8, 4) is 0 Å². The fraction of sp³-hybridized carbons (Fsp3) is 0.435. The number of benzene rings is 2. The summed E-state index contributed by atoms with van der Waals surface area (Å²) in [7, 11) is 0. The monoisotopic (exact) mass is 422 g/mol. The molecule has 30 heavy (non-hydrogen) atoms. The molecular weight excluding hydrogens is 393 g/mol. The van der Waals surface area contributed by atoms with Crippen molar-refractivity contribution in [2.75, 3.05) is 13.2 Å². The van der Waals surface area contributed by atoms with E-state index in [1.807, 2.05) is 24.3 Å². The van der Waals surface area contributed by atoms with Gasteiger partial charge in [-0.3, -0.25) is 9.69 Å². The third-order valence-electron chi connectivity index (χ3n) is 4.75. The quantitative estimate of drug-likeness (QED) is 0.591. The molecule has 0 aromatic heterocycles. The summed E-state index contributed by atoms with van der Waals surface area (Å²) in [5.74, 6) is -0.171. The topological polar surface area (TPSA) is 41.6 Å². The van der Waals surface area contributed by atoms with E-state index >= 15 is 0 Å². The minimum absolute atomic E-state index is 0.106. The van der Waals surface area contributed by atoms with Gasteiger partial charge in [0.05, 0.1) is 6.61 Å². The van der Waals surface area contributed by atoms with Crippen molar-refractivity contribution >= 4 is 5.91 Å². The summed E-state index contributed by atoms with van der Waals surface area (Å²) in [6.07, 6.45) is -4.33. The van der Waals surface area contributed by atoms with Crippen molar-refractivity contribution < 1.29 is 22.7 Å². The largest absolute Gasteiger partial charge is 0.411 e. The first-order chi connectivity index (χ1) is 14.2. The molecule has 1 amide bonds. The molecule has 0 saturated carbocycles. The summed E-state index contributed by atoms with van der Waals surface area (Å²) in [5, 5.41) is 2.86. The molecule has 0 unspecified atom stereocenters. The van der Waals surface area contributed by atoms with Crippen LogP contribution in [0.2, 0.25) is 0 Å². The molecule has 2 rings (SSSR count). The van der Waals surface area contributed by atoms with Crippen molar-refractivity contribution in [3.05, 3.63) is 70.8 Å². The van der Waals surface area contributed by atoms with Gasteiger partial charge in [-0.05, 0) is 49.2 Å². The fourth-order valence-corrected chi connectivity index (χ4v) is 2.98. The van der Waals surface area contributed by atoms with Crippen LogP contribution in [0.5, 0.6) is 0 Å². The summed E-state index contributed by atoms with van der Waals surface area (Å²) in [4.78, 5) is 14.7. The van der Waals surface area contributed by atoms with Gasteiger partial charge in [-0.25, -0.2) is 0 Å². The molecule has 0 bridgehead atoms. The Morgan fingerprint density at radius 1 is 1.00 bits per heavy atom. The molecule has 1 N–H and O–H groups in total. The Morgan fingerprint density at radius 2 is 1.57 bits per heavy atom. The number of nitrogens with one attached hydrogen (secondary N) is 1. The van der Waals surface area contributed by atoms with Crippen LogP contribution < -0.4 is 5.32 Å². The highest BCUT2D eigenvalue weighted by Gasteiger charge is 2.27. The van der Waals surface area contributed by atoms with Crippen molar-refractivity contribution in [2.45, 2.75) is 52.7 Å². The van der Waals surface area contributed by atoms with Gasteiger partial charge in [-0.1, -0.05) is 43.3 Å². The molecule has 0 aliphatic carbocycles. The maximum absolute atomic E-state index is 12.4. The molecule has 0 aliphatic heterocycles. The zero-order chi connectivity index (χ0) is 22.1. The summed E-state index contributed by atoms with van der Waals surface area (Å²) in [6.45, 7) is 7.22. The lowest BCUT2D eigenvalue weighted by Gasteiger charge is -2.24. The third kappa shape index (κ3) is 8.16. The number of hydrogen-bond acceptors (Lipinski definition) is 3. The van der Waals surface area contributed by atoms with Crippen LogP contribution in [-0.4, -0.2) is 36.2 Å². The van der Waals surface area contributed by atoms with Crippen LogP contribution in [0.4, 0.5) is 13.2 Å². The number of halogens is 3. The molecular formula is C23H29F3N2O2. The zero-order valence-electron chi connectivity index (χ0n) is 17.6. The number of nitrogens with zero attached hydrogens (tertiary/aromatic N) is 1. The molecule has 164 valence electrons. The second-order valence-electron chi connectivity index (χ2n) is 7.46. The number of carbonyl (C=O) groups is 1. The maximum atomic E-state index is 12.4. The molecule has 2 aromatic carbocycles. The van der Waals surface area contributed by atoms with E-state index in [-0.39, 0.29) is 12.5 Å². The highest BCUT2D eigenvalue weighted by Crippen LogP contribution is 2.16. The normalized spacial score (nSPS) is 11.9. The van der Waals surface area contributed by atoms with Crippen LogP contribution in [0.25, 0.3) is 0 Å². The smallest absolute Gasteiger partial charge is 0.367 e. The van der Waals surface area contributed by atoms with Gasteiger partial charge in [0.2, 0.25) is 0 Å². The van der Waals surface area contributed by atoms with Gasteiger partial charge in [-0.2, -0.15) is 13.2 Å². The first-order valence-electron chi connectivity index (χ1n) is 10.0. The number of ether oxygens (including phenoxy) is 1. The number of carbonyl (C=O) groups excluding carboxylic acids is 1. The number of alkyl halides is 3. The van der Waals surface area contributed by atoms with Crippen LogP contribution >= 0.6 is 0 Å². The molecule has 0 radical (unpaired) electrons. The Balaban J connectivity index is 1.82. The van der Waals surface area contributed by atoms with E-state index < -0.39 is 12.8 Å². The Kier molecular flexibility index (Phi) is 8.87. The summed E-state index contributed by atoms with van der Waals surface area (Å²) in [6, 6.07) is 15.0. The molecule has 4 nitrogen and oxygen atoms in total. The van der Waals surface area contributed by atoms with Crippen molar-refractivity contribution in [1.82, 2.24) is 10.2 Å². The lowest BCUT2D eigenvalue weighted by molar-refractivity contribution is -0.176. The predicted molar refractivity (Wildman–Crippen MR) is 111 cm³/mol. The molecule has 0 saturated heterocycles. The minimum Gasteiger partial charge on any atom is -0.367 e. The predicted octanol–water partition coefficient (Wildman–Crippen LogP) is 4.93. The van der Waals surface area contributed by atoms with Crippen LogP contribution in [0, 0.1) is 0 Å². The van der Waals surface area contributed by atoms with Gasteiger partial charge >= 0.3 is 6.18 Å². The van der Waals surface area contributed by atoms with Gasteiger partial charge < -0.3 is 10.1 Å². The van der Waals surface area contributed by atoms with E-state index in [0.717, 1.165) is 24.2 Å². The minimum atomic E-state index is -4.33. The summed E-state index contributed by atoms with van der Waals surface area (Å²) >= 11 is 0. The second kappa shape index (κ2) is 11.1. The van der Waals surface area contributed by atoms with Crippen molar-refractivity contribution in [3.63, 3.8) is 0 Å². The highest BCUT2D eigenvalue weighted by atomic mass is 19.4. The van der Waals surface area contributed by atoms with Crippen LogP contribution in [0.1, 0.15) is 47.8 Å². The van der Waals surface area contributed by atoms with Gasteiger partial charge in [0.25, 0.3) is 5.91 Å². The van der Waals surface area contributed by atoms with E-state index in [4.69, 9.17) is 0 Å². The molecule has 0 fully saturated rings. The lowest BCUT2D eigenvalue weighted by atomic mass is 10.1. The molecule has 7 heteroatoms. The zero-order valence-corrected chi connectivity index (χ0v) is 17.6. The van der Waals surface area contributed by atoms with E-state index in [9.17, 15) is 18.0 Å². The van der Waals surface area contributed by atoms with E-state index in [0.29, 0.717) is 23.7 Å². The average Bonchev–Trinajstić information content (AvgIpc) is 2.70. The van der Waals surface area contributed by atoms with E-state index in [1.54, 1.807) is 24.3 Å². The summed E-state index contributed by atoms with van der Waals surface area (Å²) in [5.41, 5.74) is 3.25. The van der Waals surface area contributed by atoms with Gasteiger partial charge in [0, 0.05) is 24.7 Å². The van der Waals surface area contributed by atoms with E-state index in [2.05, 4.69) is 35.7 Å². The first kappa shape index (κ1) is 23.9. The molecule has 0 spiro atoms. The van der Waals surface area contributed by atoms with Gasteiger partial charge in [-0.15, -0.1) is 0 Å². The van der Waals surface area contributed by atoms with E-state index in [1.165, 1.54) is 0 Å². The lowest BCUT2D eigenvalue weighted by Crippen LogP contribution is -2.30. The second-order valence-corrected chi connectivity index (χ2v) is 7.46. The number of amides is 1. The summed E-state index contributed by atoms with van der Waals surface area (Å²) < 4.78 is 40.9. The first-order valence-corrected chi connectivity index (χ1v) is 10.0. The van der Waals surface area contributed by atoms with Gasteiger partial charge in [0.1, 0.15) is 6.61 Å². The van der Waals surface area contributed by atoms with Crippen molar-refractivity contribution in [2.24, 2.45) is 0 Å². The average molecular weight is 422 g/mol. The standard InChI is InChI=1S/C23H29F3N2O2/c1-4-28(17(2)3)14-19-9-11-21(12-10-19)22(29)27-13-18-5-7-20(8-6-18)15-30-16-23(24,25)26/h5-12,17H,4,13-16H2,1-3H3,(H,27,29). The van der Waals surface area contributed by atoms with Crippen molar-refractivity contribution in [1.29, 1.82) is 0 Å². The third-order valence-corrected chi connectivity index (χ3v) is 4.75. The molecule has 0 atom stereocenters. The van der Waals surface area contributed by atoms with Crippen LogP contribution in [0.3, 0.4) is 0 Å². The Morgan fingerprint density at radius 3 is 2.10 bits per heavy atom. The Bertz CT molecular complexity index is 788. The maximum Gasteiger partial charge on any atom is 0.411 e. The molecule has 2 aromatic rings. The molecule has 0 heterocycles. The Hall–Kier alpha value is -2.38. The van der Waals surface area contributed by atoms with Gasteiger partial charge in [0.15, 0.2) is 0 Å². The fourth-order valence-electron chi connectivity index (χ4n) is 2.98. The number of rotatable bonds is 10. The van der Waals surface area contributed by atoms with Crippen LogP contribution in [0.15, 0.2) is 48.5 Å². The van der Waals surface area contributed by atoms with Crippen LogP contribution in [-0.2, 0) is 24.4 Å². The highest BCUT2D eigenvalue weighted by molar-refractivity contribution is 5.94. The number of hydrogen-bond donors (Lipinski definition) is 1. The SMILES string of the molecule is CCN(Cc1ccc(C(=O)NCc2ccc(COCC(F)(F)F)cc2)cc1)C(C)C.